The van der Waals surface area contributed by atoms with Gasteiger partial charge in [0.25, 0.3) is 6.43 Å². The molecule has 0 aromatic heterocycles. The van der Waals surface area contributed by atoms with Crippen molar-refractivity contribution in [3.63, 3.8) is 0 Å². The summed E-state index contributed by atoms with van der Waals surface area (Å²) in [5, 5.41) is 0. The smallest absolute Gasteiger partial charge is 0.400 e. The Balaban J connectivity index is 1.88. The molecule has 2 aromatic rings. The van der Waals surface area contributed by atoms with Gasteiger partial charge in [0, 0.05) is 5.56 Å². The van der Waals surface area contributed by atoms with Crippen molar-refractivity contribution in [1.29, 1.82) is 0 Å². The van der Waals surface area contributed by atoms with Crippen LogP contribution in [0.4, 0.5) is 30.7 Å². The molecule has 1 aliphatic carbocycles. The first-order valence-corrected chi connectivity index (χ1v) is 11.4. The van der Waals surface area contributed by atoms with Crippen LogP contribution >= 0.6 is 0 Å². The van der Waals surface area contributed by atoms with Gasteiger partial charge < -0.3 is 9.47 Å². The van der Waals surface area contributed by atoms with Gasteiger partial charge in [0.2, 0.25) is 5.82 Å². The van der Waals surface area contributed by atoms with Crippen LogP contribution in [0.5, 0.6) is 11.5 Å². The molecule has 2 aromatic carbocycles. The maximum Gasteiger partial charge on any atom is 0.400 e. The van der Waals surface area contributed by atoms with Crippen LogP contribution in [0.3, 0.4) is 0 Å². The van der Waals surface area contributed by atoms with Crippen LogP contribution in [0, 0.1) is 29.3 Å². The molecule has 2 nitrogen and oxygen atoms in total. The minimum atomic E-state index is -3.73. The van der Waals surface area contributed by atoms with Crippen LogP contribution in [0.2, 0.25) is 0 Å². The number of hydrogen-bond donors (Lipinski definition) is 0. The van der Waals surface area contributed by atoms with E-state index in [2.05, 4.69) is 4.74 Å². The van der Waals surface area contributed by atoms with Crippen molar-refractivity contribution in [3.8, 4) is 22.6 Å². The van der Waals surface area contributed by atoms with Gasteiger partial charge >= 0.3 is 6.11 Å². The maximum absolute atomic E-state index is 14.8. The highest BCUT2D eigenvalue weighted by molar-refractivity contribution is 5.70. The molecule has 0 amide bonds. The molecule has 0 aliphatic heterocycles. The van der Waals surface area contributed by atoms with Crippen molar-refractivity contribution < 1.29 is 40.2 Å². The largest absolute Gasteiger partial charge is 0.491 e. The third-order valence-electron chi connectivity index (χ3n) is 6.26. The van der Waals surface area contributed by atoms with Crippen molar-refractivity contribution in [2.45, 2.75) is 64.9 Å². The zero-order chi connectivity index (χ0) is 25.0. The molecular formula is C25H27F7O2. The van der Waals surface area contributed by atoms with Crippen molar-refractivity contribution in [2.75, 3.05) is 6.61 Å². The molecule has 0 heterocycles. The van der Waals surface area contributed by atoms with Crippen LogP contribution in [0.15, 0.2) is 24.3 Å². The molecule has 0 atom stereocenters. The van der Waals surface area contributed by atoms with Gasteiger partial charge in [-0.25, -0.2) is 17.6 Å². The Kier molecular flexibility index (Phi) is 8.36. The highest BCUT2D eigenvalue weighted by atomic mass is 19.3. The summed E-state index contributed by atoms with van der Waals surface area (Å²) in [6.07, 6.45) is -3.57. The van der Waals surface area contributed by atoms with E-state index in [1.807, 2.05) is 6.92 Å². The van der Waals surface area contributed by atoms with E-state index in [0.717, 1.165) is 37.1 Å². The van der Waals surface area contributed by atoms with E-state index in [-0.39, 0.29) is 19.4 Å². The first-order valence-electron chi connectivity index (χ1n) is 11.4. The summed E-state index contributed by atoms with van der Waals surface area (Å²) in [6.45, 7) is 3.55. The Morgan fingerprint density at radius 1 is 0.853 bits per heavy atom. The van der Waals surface area contributed by atoms with Crippen LogP contribution in [0.25, 0.3) is 11.1 Å². The average molecular weight is 492 g/mol. The second-order valence-corrected chi connectivity index (χ2v) is 8.48. The number of halogens is 7. The SMILES string of the molecule is CCCC1CCC(C(F)(F)Oc2ccc(-c3ccc(OCC)c(F)c3C(F)F)c(F)c2F)CC1. The van der Waals surface area contributed by atoms with E-state index < -0.39 is 64.1 Å². The topological polar surface area (TPSA) is 18.5 Å². The van der Waals surface area contributed by atoms with Gasteiger partial charge in [-0.3, -0.25) is 0 Å². The highest BCUT2D eigenvalue weighted by Crippen LogP contribution is 2.43. The number of benzene rings is 2. The monoisotopic (exact) mass is 492 g/mol. The average Bonchev–Trinajstić information content (AvgIpc) is 2.79. The Morgan fingerprint density at radius 3 is 2.06 bits per heavy atom. The fraction of sp³-hybridized carbons (Fsp3) is 0.520. The Bertz CT molecular complexity index is 986. The second-order valence-electron chi connectivity index (χ2n) is 8.48. The molecule has 1 fully saturated rings. The van der Waals surface area contributed by atoms with Crippen molar-refractivity contribution in [2.24, 2.45) is 11.8 Å². The zero-order valence-electron chi connectivity index (χ0n) is 19.0. The highest BCUT2D eigenvalue weighted by Gasteiger charge is 2.44. The van der Waals surface area contributed by atoms with Crippen molar-refractivity contribution in [1.82, 2.24) is 0 Å². The van der Waals surface area contributed by atoms with Gasteiger partial charge in [0.15, 0.2) is 23.1 Å². The Labute approximate surface area is 194 Å². The van der Waals surface area contributed by atoms with E-state index in [9.17, 15) is 30.7 Å². The summed E-state index contributed by atoms with van der Waals surface area (Å²) in [5.74, 6) is -7.13. The minimum Gasteiger partial charge on any atom is -0.491 e. The number of ether oxygens (including phenoxy) is 2. The summed E-state index contributed by atoms with van der Waals surface area (Å²) in [4.78, 5) is 0. The van der Waals surface area contributed by atoms with E-state index in [4.69, 9.17) is 4.74 Å². The normalized spacial score (nSPS) is 18.9. The lowest BCUT2D eigenvalue weighted by molar-refractivity contribution is -0.224. The summed E-state index contributed by atoms with van der Waals surface area (Å²) >= 11 is 0. The van der Waals surface area contributed by atoms with Gasteiger partial charge in [-0.05, 0) is 68.4 Å². The van der Waals surface area contributed by atoms with Crippen molar-refractivity contribution >= 4 is 0 Å². The third kappa shape index (κ3) is 5.44. The third-order valence-corrected chi connectivity index (χ3v) is 6.26. The molecule has 0 bridgehead atoms. The van der Waals surface area contributed by atoms with Crippen LogP contribution < -0.4 is 9.47 Å². The molecule has 0 radical (unpaired) electrons. The molecule has 0 spiro atoms. The molecule has 1 saturated carbocycles. The summed E-state index contributed by atoms with van der Waals surface area (Å²) in [5.41, 5.74) is -2.49. The first-order chi connectivity index (χ1) is 16.1. The van der Waals surface area contributed by atoms with Gasteiger partial charge in [-0.1, -0.05) is 19.8 Å². The number of hydrogen-bond acceptors (Lipinski definition) is 2. The van der Waals surface area contributed by atoms with E-state index in [0.29, 0.717) is 18.8 Å². The quantitative estimate of drug-likeness (QED) is 0.326. The number of rotatable bonds is 9. The first kappa shape index (κ1) is 26.2. The fourth-order valence-electron chi connectivity index (χ4n) is 4.53. The van der Waals surface area contributed by atoms with Crippen LogP contribution in [-0.2, 0) is 0 Å². The van der Waals surface area contributed by atoms with E-state index in [1.54, 1.807) is 0 Å². The zero-order valence-corrected chi connectivity index (χ0v) is 19.0. The van der Waals surface area contributed by atoms with Gasteiger partial charge in [-0.2, -0.15) is 13.2 Å². The van der Waals surface area contributed by atoms with Gasteiger partial charge in [-0.15, -0.1) is 0 Å². The standard InChI is InChI=1S/C25H27F7O2/c1-3-5-14-6-8-15(9-7-14)25(31,32)34-19-13-11-17(21(26)23(19)28)16-10-12-18(33-4-2)22(27)20(16)24(29)30/h10-15,24H,3-9H2,1-2H3. The lowest BCUT2D eigenvalue weighted by Gasteiger charge is -2.33. The van der Waals surface area contributed by atoms with Gasteiger partial charge in [0.1, 0.15) is 0 Å². The second kappa shape index (κ2) is 10.9. The molecular weight excluding hydrogens is 465 g/mol. The predicted octanol–water partition coefficient (Wildman–Crippen LogP) is 8.69. The Hall–Kier alpha value is -2.45. The van der Waals surface area contributed by atoms with Crippen LogP contribution in [0.1, 0.15) is 64.4 Å². The Morgan fingerprint density at radius 2 is 1.47 bits per heavy atom. The lowest BCUT2D eigenvalue weighted by Crippen LogP contribution is -2.37. The molecule has 0 unspecified atom stereocenters. The van der Waals surface area contributed by atoms with Crippen LogP contribution in [-0.4, -0.2) is 12.7 Å². The molecule has 188 valence electrons. The molecule has 3 rings (SSSR count). The summed E-state index contributed by atoms with van der Waals surface area (Å²) in [6, 6.07) is 3.55. The van der Waals surface area contributed by atoms with Gasteiger partial charge in [0.05, 0.1) is 18.1 Å². The minimum absolute atomic E-state index is 0.00242. The molecule has 0 saturated heterocycles. The van der Waals surface area contributed by atoms with E-state index in [1.165, 1.54) is 6.92 Å². The van der Waals surface area contributed by atoms with E-state index >= 15 is 0 Å². The number of alkyl halides is 4. The molecule has 0 N–H and O–H groups in total. The molecule has 9 heteroatoms. The molecule has 34 heavy (non-hydrogen) atoms. The van der Waals surface area contributed by atoms with Crippen molar-refractivity contribution in [3.05, 3.63) is 47.3 Å². The summed E-state index contributed by atoms with van der Waals surface area (Å²) in [7, 11) is 0. The predicted molar refractivity (Wildman–Crippen MR) is 114 cm³/mol. The maximum atomic E-state index is 14.8. The fourth-order valence-corrected chi connectivity index (χ4v) is 4.53. The lowest BCUT2D eigenvalue weighted by atomic mass is 9.79. The molecule has 1 aliphatic rings. The summed E-state index contributed by atoms with van der Waals surface area (Å²) < 4.78 is 110.